The lowest BCUT2D eigenvalue weighted by Crippen LogP contribution is -2.41. The van der Waals surface area contributed by atoms with Gasteiger partial charge in [0.15, 0.2) is 6.10 Å². The Labute approximate surface area is 194 Å². The number of imide groups is 1. The lowest BCUT2D eigenvalue weighted by Gasteiger charge is -2.32. The Morgan fingerprint density at radius 1 is 0.906 bits per heavy atom. The van der Waals surface area contributed by atoms with Gasteiger partial charge < -0.3 is 5.11 Å². The van der Waals surface area contributed by atoms with Gasteiger partial charge in [-0.05, 0) is 55.0 Å². The molecule has 6 nitrogen and oxygen atoms in total. The van der Waals surface area contributed by atoms with Crippen molar-refractivity contribution >= 4 is 46.4 Å². The zero-order valence-electron chi connectivity index (χ0n) is 16.9. The van der Waals surface area contributed by atoms with Crippen LogP contribution in [-0.4, -0.2) is 23.0 Å². The van der Waals surface area contributed by atoms with E-state index in [0.717, 1.165) is 10.5 Å². The van der Waals surface area contributed by atoms with Crippen LogP contribution in [0.4, 0.5) is 11.4 Å². The molecule has 0 bridgehead atoms. The van der Waals surface area contributed by atoms with Crippen LogP contribution < -0.4 is 9.96 Å². The van der Waals surface area contributed by atoms with Crippen molar-refractivity contribution in [3.63, 3.8) is 0 Å². The molecular weight excluding hydrogens is 451 g/mol. The minimum Gasteiger partial charge on any atom is -0.508 e. The summed E-state index contributed by atoms with van der Waals surface area (Å²) in [6.45, 7) is 1.73. The van der Waals surface area contributed by atoms with E-state index < -0.39 is 29.4 Å². The highest BCUT2D eigenvalue weighted by molar-refractivity contribution is 6.36. The van der Waals surface area contributed by atoms with Gasteiger partial charge in [-0.25, -0.2) is 9.96 Å². The summed E-state index contributed by atoms with van der Waals surface area (Å²) in [6.07, 6.45) is -1.05. The fourth-order valence-corrected chi connectivity index (χ4v) is 5.01. The van der Waals surface area contributed by atoms with Gasteiger partial charge >= 0.3 is 0 Å². The summed E-state index contributed by atoms with van der Waals surface area (Å²) < 4.78 is 0. The first-order valence-corrected chi connectivity index (χ1v) is 10.7. The van der Waals surface area contributed by atoms with Crippen molar-refractivity contribution in [2.75, 3.05) is 9.96 Å². The topological polar surface area (TPSA) is 70.1 Å². The number of anilines is 2. The minimum atomic E-state index is -1.24. The van der Waals surface area contributed by atoms with Crippen LogP contribution in [0.5, 0.6) is 5.75 Å². The first-order valence-electron chi connectivity index (χ1n) is 9.95. The largest absolute Gasteiger partial charge is 0.508 e. The van der Waals surface area contributed by atoms with Crippen molar-refractivity contribution in [1.29, 1.82) is 0 Å². The van der Waals surface area contributed by atoms with Crippen LogP contribution in [0.15, 0.2) is 72.8 Å². The van der Waals surface area contributed by atoms with Crippen molar-refractivity contribution in [3.8, 4) is 5.75 Å². The quantitative estimate of drug-likeness (QED) is 0.538. The third kappa shape index (κ3) is 3.06. The van der Waals surface area contributed by atoms with E-state index in [1.165, 1.54) is 18.2 Å². The van der Waals surface area contributed by atoms with Crippen LogP contribution in [0.1, 0.15) is 18.5 Å². The van der Waals surface area contributed by atoms with Gasteiger partial charge in [0.25, 0.3) is 5.91 Å². The molecule has 3 atom stereocenters. The summed E-state index contributed by atoms with van der Waals surface area (Å²) in [5.41, 5.74) is 0.494. The number of halogens is 2. The molecule has 2 fully saturated rings. The highest BCUT2D eigenvalue weighted by Crippen LogP contribution is 2.55. The van der Waals surface area contributed by atoms with E-state index >= 15 is 0 Å². The lowest BCUT2D eigenvalue weighted by atomic mass is 9.76. The second-order valence-electron chi connectivity index (χ2n) is 8.03. The van der Waals surface area contributed by atoms with Crippen molar-refractivity contribution in [2.45, 2.75) is 19.1 Å². The fraction of sp³-hybridized carbons (Fsp3) is 0.167. The first-order chi connectivity index (χ1) is 15.3. The number of hydrogen-bond donors (Lipinski definition) is 1. The molecule has 2 saturated heterocycles. The van der Waals surface area contributed by atoms with E-state index in [9.17, 15) is 14.7 Å². The Hall–Kier alpha value is -3.06. The van der Waals surface area contributed by atoms with Crippen LogP contribution in [0.25, 0.3) is 0 Å². The van der Waals surface area contributed by atoms with Gasteiger partial charge in [-0.1, -0.05) is 53.5 Å². The van der Waals surface area contributed by atoms with Crippen LogP contribution in [0, 0.1) is 5.41 Å². The number of phenolic OH excluding ortho intramolecular Hbond substituents is 1. The van der Waals surface area contributed by atoms with E-state index in [0.29, 0.717) is 21.4 Å². The molecule has 3 unspecified atom stereocenters. The van der Waals surface area contributed by atoms with Crippen LogP contribution in [-0.2, 0) is 14.4 Å². The number of nitrogens with zero attached hydrogens (tertiary/aromatic N) is 2. The molecule has 2 amide bonds. The molecule has 3 aromatic rings. The number of carbonyl (C=O) groups excluding carboxylic acids is 2. The van der Waals surface area contributed by atoms with Crippen LogP contribution in [0.2, 0.25) is 10.0 Å². The molecule has 32 heavy (non-hydrogen) atoms. The highest BCUT2D eigenvalue weighted by Gasteiger charge is 2.68. The van der Waals surface area contributed by atoms with Crippen LogP contribution in [0.3, 0.4) is 0 Å². The monoisotopic (exact) mass is 468 g/mol. The van der Waals surface area contributed by atoms with E-state index in [-0.39, 0.29) is 5.75 Å². The molecule has 1 N–H and O–H groups in total. The van der Waals surface area contributed by atoms with Gasteiger partial charge in [0.2, 0.25) is 5.91 Å². The number of benzene rings is 3. The molecule has 2 aliphatic rings. The first kappa shape index (κ1) is 20.8. The lowest BCUT2D eigenvalue weighted by molar-refractivity contribution is -0.128. The number of rotatable bonds is 3. The van der Waals surface area contributed by atoms with Gasteiger partial charge in [-0.15, -0.1) is 0 Å². The molecule has 3 aromatic carbocycles. The molecule has 8 heteroatoms. The number of phenols is 1. The zero-order valence-corrected chi connectivity index (χ0v) is 18.4. The van der Waals surface area contributed by atoms with E-state index in [1.807, 2.05) is 30.3 Å². The van der Waals surface area contributed by atoms with Gasteiger partial charge in [0, 0.05) is 10.0 Å². The number of hydroxylamine groups is 1. The summed E-state index contributed by atoms with van der Waals surface area (Å²) in [4.78, 5) is 34.5. The number of para-hydroxylation sites is 1. The Morgan fingerprint density at radius 2 is 1.53 bits per heavy atom. The maximum absolute atomic E-state index is 13.8. The summed E-state index contributed by atoms with van der Waals surface area (Å²) in [5, 5.41) is 12.0. The minimum absolute atomic E-state index is 0.102. The Kier molecular flexibility index (Phi) is 4.89. The predicted molar refractivity (Wildman–Crippen MR) is 122 cm³/mol. The van der Waals surface area contributed by atoms with E-state index in [2.05, 4.69) is 0 Å². The van der Waals surface area contributed by atoms with Crippen molar-refractivity contribution in [1.82, 2.24) is 0 Å². The van der Waals surface area contributed by atoms with Gasteiger partial charge in [0.1, 0.15) is 11.2 Å². The standard InChI is InChI=1S/C24H18Cl2N2O4/c1-24-20(14-7-9-19(29)10-8-14)28(17-5-3-2-4-6-17)32-21(24)22(30)27(23(24)31)18-12-15(25)11-16(26)13-18/h2-13,20-21,29H,1H3. The highest BCUT2D eigenvalue weighted by atomic mass is 35.5. The second-order valence-corrected chi connectivity index (χ2v) is 8.90. The summed E-state index contributed by atoms with van der Waals surface area (Å²) in [7, 11) is 0. The third-order valence-electron chi connectivity index (χ3n) is 6.00. The number of hydrogen-bond acceptors (Lipinski definition) is 5. The Balaban J connectivity index is 1.65. The average Bonchev–Trinajstić information content (AvgIpc) is 3.17. The maximum atomic E-state index is 13.8. The van der Waals surface area contributed by atoms with Gasteiger partial charge in [0.05, 0.1) is 17.4 Å². The normalized spacial score (nSPS) is 24.8. The molecule has 2 heterocycles. The number of carbonyl (C=O) groups is 2. The maximum Gasteiger partial charge on any atom is 0.266 e. The molecule has 0 radical (unpaired) electrons. The van der Waals surface area contributed by atoms with Crippen molar-refractivity contribution in [3.05, 3.63) is 88.4 Å². The molecule has 162 valence electrons. The van der Waals surface area contributed by atoms with Gasteiger partial charge in [-0.3, -0.25) is 14.4 Å². The zero-order chi connectivity index (χ0) is 22.6. The number of amides is 2. The Morgan fingerprint density at radius 3 is 2.16 bits per heavy atom. The molecule has 0 spiro atoms. The average molecular weight is 469 g/mol. The molecule has 2 aliphatic heterocycles. The van der Waals surface area contributed by atoms with E-state index in [1.54, 1.807) is 36.3 Å². The molecule has 5 rings (SSSR count). The summed E-state index contributed by atoms with van der Waals surface area (Å²) in [6, 6.07) is 19.8. The molecule has 0 saturated carbocycles. The van der Waals surface area contributed by atoms with Gasteiger partial charge in [-0.2, -0.15) is 0 Å². The van der Waals surface area contributed by atoms with Crippen molar-refractivity contribution < 1.29 is 19.5 Å². The second kappa shape index (κ2) is 7.52. The number of aromatic hydroxyl groups is 1. The summed E-state index contributed by atoms with van der Waals surface area (Å²) in [5.74, 6) is -0.801. The molecule has 0 aliphatic carbocycles. The smallest absolute Gasteiger partial charge is 0.266 e. The SMILES string of the molecule is CC12C(=O)N(c3cc(Cl)cc(Cl)c3)C(=O)C1ON(c1ccccc1)C2c1ccc(O)cc1. The fourth-order valence-electron chi connectivity index (χ4n) is 4.50. The van der Waals surface area contributed by atoms with E-state index in [4.69, 9.17) is 28.0 Å². The van der Waals surface area contributed by atoms with Crippen molar-refractivity contribution in [2.24, 2.45) is 5.41 Å². The Bertz CT molecular complexity index is 1200. The van der Waals surface area contributed by atoms with Crippen LogP contribution >= 0.6 is 23.2 Å². The predicted octanol–water partition coefficient (Wildman–Crippen LogP) is 5.14. The summed E-state index contributed by atoms with van der Waals surface area (Å²) >= 11 is 12.3. The molecule has 0 aromatic heterocycles. The third-order valence-corrected chi connectivity index (χ3v) is 6.44. The number of fused-ring (bicyclic) bond motifs is 1. The molecular formula is C24H18Cl2N2O4.